The monoisotopic (exact) mass is 193 g/mol. The molecule has 1 radical (unpaired) electrons. The Hall–Kier alpha value is -1.02. The molecule has 77 valence electrons. The molecule has 0 saturated carbocycles. The third-order valence-corrected chi connectivity index (χ3v) is 1.96. The van der Waals surface area contributed by atoms with Gasteiger partial charge in [-0.25, -0.2) is 0 Å². The lowest BCUT2D eigenvalue weighted by Gasteiger charge is -2.09. The van der Waals surface area contributed by atoms with E-state index in [0.717, 1.165) is 18.6 Å². The molecule has 0 aliphatic carbocycles. The molecule has 0 atom stereocenters. The molecule has 0 aromatic heterocycles. The number of hydrogen-bond acceptors (Lipinski definition) is 2. The van der Waals surface area contributed by atoms with Crippen LogP contribution < -0.4 is 4.74 Å². The fraction of sp³-hybridized carbons (Fsp3) is 0.417. The number of para-hydroxylation sites is 1. The highest BCUT2D eigenvalue weighted by Crippen LogP contribution is 2.19. The summed E-state index contributed by atoms with van der Waals surface area (Å²) in [5, 5.41) is 0. The van der Waals surface area contributed by atoms with Gasteiger partial charge in [-0.2, -0.15) is 0 Å². The maximum atomic E-state index is 5.58. The molecule has 0 bridgehead atoms. The quantitative estimate of drug-likeness (QED) is 0.646. The van der Waals surface area contributed by atoms with E-state index in [1.54, 1.807) is 7.11 Å². The van der Waals surface area contributed by atoms with Gasteiger partial charge in [-0.05, 0) is 24.5 Å². The largest absolute Gasteiger partial charge is 0.491 e. The molecule has 0 aliphatic rings. The van der Waals surface area contributed by atoms with Crippen LogP contribution >= 0.6 is 0 Å². The van der Waals surface area contributed by atoms with E-state index in [9.17, 15) is 0 Å². The van der Waals surface area contributed by atoms with Gasteiger partial charge in [0.05, 0.1) is 6.61 Å². The average Bonchev–Trinajstić information content (AvgIpc) is 2.21. The molecule has 1 rings (SSSR count). The fourth-order valence-electron chi connectivity index (χ4n) is 1.28. The van der Waals surface area contributed by atoms with Crippen molar-refractivity contribution < 1.29 is 9.47 Å². The Bertz CT molecular complexity index is 258. The van der Waals surface area contributed by atoms with Crippen LogP contribution in [0.5, 0.6) is 5.75 Å². The summed E-state index contributed by atoms with van der Waals surface area (Å²) in [6.45, 7) is 5.06. The first-order valence-corrected chi connectivity index (χ1v) is 4.87. The summed E-state index contributed by atoms with van der Waals surface area (Å²) in [5.41, 5.74) is 1.22. The maximum absolute atomic E-state index is 5.58. The number of hydrogen-bond donors (Lipinski definition) is 0. The first-order valence-electron chi connectivity index (χ1n) is 4.87. The molecule has 0 aliphatic heterocycles. The van der Waals surface area contributed by atoms with Gasteiger partial charge in [0.15, 0.2) is 0 Å². The Morgan fingerprint density at radius 1 is 1.21 bits per heavy atom. The van der Waals surface area contributed by atoms with Crippen molar-refractivity contribution in [3.05, 3.63) is 36.8 Å². The van der Waals surface area contributed by atoms with Crippen molar-refractivity contribution in [1.29, 1.82) is 0 Å². The van der Waals surface area contributed by atoms with Crippen molar-refractivity contribution in [3.8, 4) is 5.75 Å². The van der Waals surface area contributed by atoms with Gasteiger partial charge in [0.2, 0.25) is 0 Å². The van der Waals surface area contributed by atoms with Crippen molar-refractivity contribution in [2.24, 2.45) is 0 Å². The van der Waals surface area contributed by atoms with Crippen LogP contribution in [0.15, 0.2) is 24.3 Å². The lowest BCUT2D eigenvalue weighted by Crippen LogP contribution is -2.05. The second kappa shape index (κ2) is 6.44. The molecule has 0 spiro atoms. The molecule has 0 unspecified atom stereocenters. The molecule has 0 amide bonds. The number of benzene rings is 1. The second-order valence-electron chi connectivity index (χ2n) is 3.05. The van der Waals surface area contributed by atoms with Crippen LogP contribution in [0.4, 0.5) is 0 Å². The average molecular weight is 193 g/mol. The van der Waals surface area contributed by atoms with Gasteiger partial charge >= 0.3 is 0 Å². The number of ether oxygens (including phenoxy) is 2. The summed E-state index contributed by atoms with van der Waals surface area (Å²) >= 11 is 0. The third-order valence-electron chi connectivity index (χ3n) is 1.96. The minimum atomic E-state index is 0.602. The molecule has 0 fully saturated rings. The molecule has 2 nitrogen and oxygen atoms in total. The Balaban J connectivity index is 2.55. The standard InChI is InChI=1S/C12H17O2/c1-3-6-11-7-4-5-8-12(11)14-10-9-13-2/h4-5,7-8H,1,3,6,9-10H2,2H3. The van der Waals surface area contributed by atoms with Crippen molar-refractivity contribution in [1.82, 2.24) is 0 Å². The number of methoxy groups -OCH3 is 1. The highest BCUT2D eigenvalue weighted by Gasteiger charge is 2.00. The summed E-state index contributed by atoms with van der Waals surface area (Å²) in [5.74, 6) is 0.952. The van der Waals surface area contributed by atoms with E-state index in [1.165, 1.54) is 5.56 Å². The van der Waals surface area contributed by atoms with Crippen LogP contribution in [-0.4, -0.2) is 20.3 Å². The molecule has 0 heterocycles. The van der Waals surface area contributed by atoms with Crippen LogP contribution in [0.1, 0.15) is 12.0 Å². The zero-order valence-corrected chi connectivity index (χ0v) is 8.66. The van der Waals surface area contributed by atoms with Gasteiger partial charge in [0, 0.05) is 7.11 Å². The molecule has 1 aromatic carbocycles. The summed E-state index contributed by atoms with van der Waals surface area (Å²) in [6.07, 6.45) is 1.85. The molecule has 2 heteroatoms. The first-order chi connectivity index (χ1) is 6.88. The van der Waals surface area contributed by atoms with E-state index in [2.05, 4.69) is 13.0 Å². The van der Waals surface area contributed by atoms with E-state index in [0.29, 0.717) is 13.2 Å². The normalized spacial score (nSPS) is 10.1. The zero-order chi connectivity index (χ0) is 10.2. The van der Waals surface area contributed by atoms with Crippen LogP contribution in [-0.2, 0) is 11.2 Å². The first kappa shape index (κ1) is 11.1. The van der Waals surface area contributed by atoms with E-state index < -0.39 is 0 Å². The lowest BCUT2D eigenvalue weighted by molar-refractivity contribution is 0.146. The number of aryl methyl sites for hydroxylation is 1. The van der Waals surface area contributed by atoms with E-state index in [-0.39, 0.29) is 0 Å². The molecular formula is C12H17O2. The highest BCUT2D eigenvalue weighted by molar-refractivity contribution is 5.33. The molecule has 0 saturated heterocycles. The van der Waals surface area contributed by atoms with Crippen LogP contribution in [0.25, 0.3) is 0 Å². The zero-order valence-electron chi connectivity index (χ0n) is 8.66. The molecule has 1 aromatic rings. The Morgan fingerprint density at radius 2 is 2.00 bits per heavy atom. The van der Waals surface area contributed by atoms with Crippen LogP contribution in [0, 0.1) is 6.92 Å². The molecule has 14 heavy (non-hydrogen) atoms. The van der Waals surface area contributed by atoms with Crippen LogP contribution in [0.2, 0.25) is 0 Å². The summed E-state index contributed by atoms with van der Waals surface area (Å²) in [7, 11) is 1.67. The topological polar surface area (TPSA) is 18.5 Å². The minimum absolute atomic E-state index is 0.602. The summed E-state index contributed by atoms with van der Waals surface area (Å²) < 4.78 is 10.5. The van der Waals surface area contributed by atoms with E-state index in [1.807, 2.05) is 18.2 Å². The smallest absolute Gasteiger partial charge is 0.122 e. The van der Waals surface area contributed by atoms with Crippen LogP contribution in [0.3, 0.4) is 0 Å². The Labute approximate surface area is 85.8 Å². The molecule has 0 N–H and O–H groups in total. The Morgan fingerprint density at radius 3 is 2.71 bits per heavy atom. The van der Waals surface area contributed by atoms with Gasteiger partial charge in [-0.15, -0.1) is 0 Å². The SMILES string of the molecule is [CH2]CCc1ccccc1OCCOC. The van der Waals surface area contributed by atoms with Gasteiger partial charge < -0.3 is 9.47 Å². The number of rotatable bonds is 6. The fourth-order valence-corrected chi connectivity index (χ4v) is 1.28. The summed E-state index contributed by atoms with van der Waals surface area (Å²) in [6, 6.07) is 8.07. The van der Waals surface area contributed by atoms with Crippen molar-refractivity contribution >= 4 is 0 Å². The second-order valence-corrected chi connectivity index (χ2v) is 3.05. The van der Waals surface area contributed by atoms with E-state index in [4.69, 9.17) is 9.47 Å². The van der Waals surface area contributed by atoms with Gasteiger partial charge in [0.1, 0.15) is 12.4 Å². The minimum Gasteiger partial charge on any atom is -0.491 e. The predicted octanol–water partition coefficient (Wildman–Crippen LogP) is 2.48. The van der Waals surface area contributed by atoms with Gasteiger partial charge in [-0.3, -0.25) is 0 Å². The molecular weight excluding hydrogens is 176 g/mol. The van der Waals surface area contributed by atoms with Gasteiger partial charge in [-0.1, -0.05) is 25.1 Å². The lowest BCUT2D eigenvalue weighted by atomic mass is 10.1. The highest BCUT2D eigenvalue weighted by atomic mass is 16.5. The van der Waals surface area contributed by atoms with E-state index >= 15 is 0 Å². The van der Waals surface area contributed by atoms with Crippen molar-refractivity contribution in [3.63, 3.8) is 0 Å². The maximum Gasteiger partial charge on any atom is 0.122 e. The van der Waals surface area contributed by atoms with Gasteiger partial charge in [0.25, 0.3) is 0 Å². The van der Waals surface area contributed by atoms with Crippen molar-refractivity contribution in [2.75, 3.05) is 20.3 Å². The summed E-state index contributed by atoms with van der Waals surface area (Å²) in [4.78, 5) is 0. The Kier molecular flexibility index (Phi) is 5.08. The van der Waals surface area contributed by atoms with Crippen molar-refractivity contribution in [2.45, 2.75) is 12.8 Å². The third kappa shape index (κ3) is 3.38. The predicted molar refractivity (Wildman–Crippen MR) is 57.5 cm³/mol.